The van der Waals surface area contributed by atoms with Crippen molar-refractivity contribution in [1.29, 1.82) is 0 Å². The van der Waals surface area contributed by atoms with Crippen molar-refractivity contribution < 1.29 is 4.79 Å². The summed E-state index contributed by atoms with van der Waals surface area (Å²) in [6, 6.07) is 10.0. The largest absolute Gasteiger partial charge is 0.311 e. The Hall–Kier alpha value is -3.48. The van der Waals surface area contributed by atoms with Crippen LogP contribution in [0.4, 0.5) is 5.82 Å². The molecule has 1 unspecified atom stereocenters. The van der Waals surface area contributed by atoms with Gasteiger partial charge in [-0.1, -0.05) is 18.2 Å². The van der Waals surface area contributed by atoms with Crippen molar-refractivity contribution in [1.82, 2.24) is 25.0 Å². The highest BCUT2D eigenvalue weighted by molar-refractivity contribution is 5.94. The summed E-state index contributed by atoms with van der Waals surface area (Å²) in [5, 5.41) is 15.6. The van der Waals surface area contributed by atoms with Gasteiger partial charge in [-0.05, 0) is 23.3 Å². The average Bonchev–Trinajstić information content (AvgIpc) is 3.28. The number of carbonyl (C=O) groups excluding carboxylic acids is 1. The second-order valence-corrected chi connectivity index (χ2v) is 6.49. The van der Waals surface area contributed by atoms with E-state index >= 15 is 0 Å². The molecule has 26 heavy (non-hydrogen) atoms. The Labute approximate surface area is 149 Å². The van der Waals surface area contributed by atoms with Gasteiger partial charge in [0.15, 0.2) is 0 Å². The molecular formula is C19H16N6O. The molecule has 0 radical (unpaired) electrons. The molecule has 1 aliphatic heterocycles. The zero-order valence-corrected chi connectivity index (χ0v) is 13.9. The van der Waals surface area contributed by atoms with E-state index < -0.39 is 0 Å². The smallest absolute Gasteiger partial charge is 0.226 e. The second-order valence-electron chi connectivity index (χ2n) is 6.49. The number of hydrogen-bond donors (Lipinski definition) is 2. The molecule has 0 bridgehead atoms. The maximum Gasteiger partial charge on any atom is 0.226 e. The number of carbonyl (C=O) groups is 1. The molecular weight excluding hydrogens is 328 g/mol. The Morgan fingerprint density at radius 2 is 2.15 bits per heavy atom. The lowest BCUT2D eigenvalue weighted by atomic mass is 9.87. The highest BCUT2D eigenvalue weighted by atomic mass is 16.1. The molecule has 7 nitrogen and oxygen atoms in total. The van der Waals surface area contributed by atoms with E-state index in [1.54, 1.807) is 12.4 Å². The van der Waals surface area contributed by atoms with Gasteiger partial charge in [-0.2, -0.15) is 10.2 Å². The predicted octanol–water partition coefficient (Wildman–Crippen LogP) is 2.68. The van der Waals surface area contributed by atoms with Gasteiger partial charge < -0.3 is 5.32 Å². The quantitative estimate of drug-likeness (QED) is 0.598. The molecule has 4 heterocycles. The number of aromatic amines is 1. The standard InChI is InChI=1S/C19H16N6O/c26-18-7-15(13-3-4-14-9-21-24-17(14)6-13)16-10-22-25(19(16)23-18)11-12-2-1-5-20-8-12/h1-6,8-10,15H,7,11H2,(H,21,24)(H,23,26). The maximum absolute atomic E-state index is 12.3. The number of rotatable bonds is 3. The van der Waals surface area contributed by atoms with E-state index in [0.29, 0.717) is 13.0 Å². The van der Waals surface area contributed by atoms with Gasteiger partial charge in [-0.3, -0.25) is 14.9 Å². The first-order chi connectivity index (χ1) is 12.8. The van der Waals surface area contributed by atoms with Crippen LogP contribution in [-0.2, 0) is 11.3 Å². The summed E-state index contributed by atoms with van der Waals surface area (Å²) in [7, 11) is 0. The fourth-order valence-electron chi connectivity index (χ4n) is 3.52. The van der Waals surface area contributed by atoms with E-state index in [4.69, 9.17) is 0 Å². The van der Waals surface area contributed by atoms with E-state index in [2.05, 4.69) is 37.7 Å². The summed E-state index contributed by atoms with van der Waals surface area (Å²) in [6.07, 6.45) is 7.61. The molecule has 0 saturated heterocycles. The van der Waals surface area contributed by atoms with Gasteiger partial charge in [0.05, 0.1) is 24.5 Å². The van der Waals surface area contributed by atoms with E-state index in [1.165, 1.54) is 0 Å². The molecule has 1 amide bonds. The first kappa shape index (κ1) is 14.8. The lowest BCUT2D eigenvalue weighted by Gasteiger charge is -2.24. The monoisotopic (exact) mass is 344 g/mol. The Bertz CT molecular complexity index is 1100. The van der Waals surface area contributed by atoms with Crippen molar-refractivity contribution in [3.63, 3.8) is 0 Å². The number of pyridine rings is 1. The van der Waals surface area contributed by atoms with Gasteiger partial charge in [0, 0.05) is 35.7 Å². The van der Waals surface area contributed by atoms with Crippen LogP contribution < -0.4 is 5.32 Å². The van der Waals surface area contributed by atoms with Crippen LogP contribution in [0.5, 0.6) is 0 Å². The number of fused-ring (bicyclic) bond motifs is 2. The lowest BCUT2D eigenvalue weighted by Crippen LogP contribution is -2.25. The molecule has 1 atom stereocenters. The summed E-state index contributed by atoms with van der Waals surface area (Å²) in [6.45, 7) is 0.565. The van der Waals surface area contributed by atoms with E-state index in [0.717, 1.165) is 33.4 Å². The highest BCUT2D eigenvalue weighted by Crippen LogP contribution is 2.37. The summed E-state index contributed by atoms with van der Waals surface area (Å²) < 4.78 is 1.82. The summed E-state index contributed by atoms with van der Waals surface area (Å²) >= 11 is 0. The summed E-state index contributed by atoms with van der Waals surface area (Å²) in [5.41, 5.74) is 4.12. The maximum atomic E-state index is 12.3. The second kappa shape index (κ2) is 5.80. The van der Waals surface area contributed by atoms with Crippen LogP contribution in [0.1, 0.15) is 29.0 Å². The van der Waals surface area contributed by atoms with E-state index in [1.807, 2.05) is 35.3 Å². The SMILES string of the molecule is O=C1CC(c2ccc3cn[nH]c3c2)c2cnn(Cc3cccnc3)c2N1. The molecule has 4 aromatic rings. The lowest BCUT2D eigenvalue weighted by molar-refractivity contribution is -0.116. The van der Waals surface area contributed by atoms with Gasteiger partial charge in [-0.25, -0.2) is 4.68 Å². The van der Waals surface area contributed by atoms with Gasteiger partial charge >= 0.3 is 0 Å². The fourth-order valence-corrected chi connectivity index (χ4v) is 3.52. The first-order valence-electron chi connectivity index (χ1n) is 8.45. The van der Waals surface area contributed by atoms with Crippen LogP contribution in [0.2, 0.25) is 0 Å². The summed E-state index contributed by atoms with van der Waals surface area (Å²) in [5.74, 6) is 0.744. The number of nitrogens with zero attached hydrogens (tertiary/aromatic N) is 4. The molecule has 0 fully saturated rings. The van der Waals surface area contributed by atoms with Crippen LogP contribution in [0.15, 0.2) is 55.1 Å². The zero-order chi connectivity index (χ0) is 17.5. The van der Waals surface area contributed by atoms with Crippen molar-refractivity contribution in [3.05, 3.63) is 71.8 Å². The van der Waals surface area contributed by atoms with Crippen molar-refractivity contribution >= 4 is 22.6 Å². The number of hydrogen-bond acceptors (Lipinski definition) is 4. The van der Waals surface area contributed by atoms with Crippen LogP contribution in [0.3, 0.4) is 0 Å². The minimum absolute atomic E-state index is 0.000134. The number of aromatic nitrogens is 5. The number of amides is 1. The van der Waals surface area contributed by atoms with Crippen molar-refractivity contribution in [2.24, 2.45) is 0 Å². The Balaban J connectivity index is 1.55. The van der Waals surface area contributed by atoms with E-state index in [9.17, 15) is 4.79 Å². The van der Waals surface area contributed by atoms with Crippen LogP contribution >= 0.6 is 0 Å². The van der Waals surface area contributed by atoms with Crippen molar-refractivity contribution in [2.75, 3.05) is 5.32 Å². The van der Waals surface area contributed by atoms with E-state index in [-0.39, 0.29) is 11.8 Å². The van der Waals surface area contributed by atoms with Crippen LogP contribution in [0, 0.1) is 0 Å². The number of nitrogens with one attached hydrogen (secondary N) is 2. The first-order valence-corrected chi connectivity index (χ1v) is 8.45. The third kappa shape index (κ3) is 2.45. The van der Waals surface area contributed by atoms with Crippen LogP contribution in [0.25, 0.3) is 10.9 Å². The number of anilines is 1. The zero-order valence-electron chi connectivity index (χ0n) is 13.9. The molecule has 2 N–H and O–H groups in total. The molecule has 0 saturated carbocycles. The van der Waals surface area contributed by atoms with Gasteiger partial charge in [0.25, 0.3) is 0 Å². The molecule has 5 rings (SSSR count). The molecule has 1 aliphatic rings. The molecule has 7 heteroatoms. The third-order valence-corrected chi connectivity index (χ3v) is 4.81. The van der Waals surface area contributed by atoms with Crippen LogP contribution in [-0.4, -0.2) is 30.9 Å². The van der Waals surface area contributed by atoms with Gasteiger partial charge in [-0.15, -0.1) is 0 Å². The Morgan fingerprint density at radius 1 is 1.19 bits per heavy atom. The molecule has 3 aromatic heterocycles. The summed E-state index contributed by atoms with van der Waals surface area (Å²) in [4.78, 5) is 16.5. The molecule has 0 spiro atoms. The normalized spacial score (nSPS) is 16.5. The van der Waals surface area contributed by atoms with Crippen molar-refractivity contribution in [2.45, 2.75) is 18.9 Å². The average molecular weight is 344 g/mol. The Morgan fingerprint density at radius 3 is 3.04 bits per heavy atom. The number of H-pyrrole nitrogens is 1. The third-order valence-electron chi connectivity index (χ3n) is 4.81. The fraction of sp³-hybridized carbons (Fsp3) is 0.158. The molecule has 1 aromatic carbocycles. The Kier molecular flexibility index (Phi) is 3.31. The highest BCUT2D eigenvalue weighted by Gasteiger charge is 2.30. The number of benzene rings is 1. The topological polar surface area (TPSA) is 88.5 Å². The van der Waals surface area contributed by atoms with Gasteiger partial charge in [0.2, 0.25) is 5.91 Å². The van der Waals surface area contributed by atoms with Gasteiger partial charge in [0.1, 0.15) is 5.82 Å². The van der Waals surface area contributed by atoms with Crippen molar-refractivity contribution in [3.8, 4) is 0 Å². The minimum Gasteiger partial charge on any atom is -0.311 e. The minimum atomic E-state index is -0.0194. The molecule has 128 valence electrons. The predicted molar refractivity (Wildman–Crippen MR) is 96.7 cm³/mol. The molecule has 0 aliphatic carbocycles.